The molecule has 1 fully saturated rings. The summed E-state index contributed by atoms with van der Waals surface area (Å²) >= 11 is 0. The van der Waals surface area contributed by atoms with Crippen LogP contribution in [0.2, 0.25) is 0 Å². The molecule has 0 amide bonds. The third-order valence-electron chi connectivity index (χ3n) is 5.48. The van der Waals surface area contributed by atoms with E-state index >= 15 is 0 Å². The zero-order valence-corrected chi connectivity index (χ0v) is 12.7. The topological polar surface area (TPSA) is 12.0 Å². The third-order valence-corrected chi connectivity index (χ3v) is 5.48. The van der Waals surface area contributed by atoms with E-state index in [2.05, 4.69) is 60.9 Å². The number of nitrogens with one attached hydrogen (secondary N) is 1. The molecule has 2 aromatic carbocycles. The first-order valence-corrected chi connectivity index (χ1v) is 8.22. The molecular formula is C20H23N. The van der Waals surface area contributed by atoms with Crippen LogP contribution < -0.4 is 5.32 Å². The summed E-state index contributed by atoms with van der Waals surface area (Å²) in [6, 6.07) is 18.5. The van der Waals surface area contributed by atoms with Crippen molar-refractivity contribution in [1.29, 1.82) is 0 Å². The predicted octanol–water partition coefficient (Wildman–Crippen LogP) is 4.55. The van der Waals surface area contributed by atoms with E-state index in [4.69, 9.17) is 0 Å². The molecule has 21 heavy (non-hydrogen) atoms. The van der Waals surface area contributed by atoms with Crippen LogP contribution in [-0.4, -0.2) is 7.05 Å². The van der Waals surface area contributed by atoms with Crippen molar-refractivity contribution in [3.05, 3.63) is 70.8 Å². The molecule has 0 heterocycles. The van der Waals surface area contributed by atoms with Crippen molar-refractivity contribution in [3.8, 4) is 0 Å². The summed E-state index contributed by atoms with van der Waals surface area (Å²) < 4.78 is 0. The van der Waals surface area contributed by atoms with Crippen LogP contribution in [0.25, 0.3) is 0 Å². The maximum absolute atomic E-state index is 3.60. The first-order valence-electron chi connectivity index (χ1n) is 8.22. The van der Waals surface area contributed by atoms with Crippen molar-refractivity contribution < 1.29 is 0 Å². The maximum atomic E-state index is 3.60. The summed E-state index contributed by atoms with van der Waals surface area (Å²) in [6.45, 7) is 0. The van der Waals surface area contributed by atoms with Crippen LogP contribution in [0.4, 0.5) is 0 Å². The first-order chi connectivity index (χ1) is 10.4. The lowest BCUT2D eigenvalue weighted by Crippen LogP contribution is -2.32. The quantitative estimate of drug-likeness (QED) is 0.864. The van der Waals surface area contributed by atoms with Gasteiger partial charge in [-0.3, -0.25) is 0 Å². The average Bonchev–Trinajstić information content (AvgIpc) is 2.44. The molecule has 2 atom stereocenters. The molecular weight excluding hydrogens is 254 g/mol. The standard InChI is InChI=1S/C20H23N/c1-21-20(19-13-15-7-2-3-11-17(15)19)18-12-5-4-10-16(18)14-8-6-9-14/h2-5,7,10-12,14,19-21H,6,8-9,13H2,1H3. The van der Waals surface area contributed by atoms with E-state index in [-0.39, 0.29) is 0 Å². The molecule has 0 bridgehead atoms. The molecule has 0 aliphatic heterocycles. The van der Waals surface area contributed by atoms with Crippen LogP contribution in [0.3, 0.4) is 0 Å². The Hall–Kier alpha value is -1.60. The van der Waals surface area contributed by atoms with Gasteiger partial charge in [0.05, 0.1) is 0 Å². The minimum atomic E-state index is 0.455. The minimum absolute atomic E-state index is 0.455. The number of hydrogen-bond donors (Lipinski definition) is 1. The first kappa shape index (κ1) is 13.1. The largest absolute Gasteiger partial charge is 0.312 e. The molecule has 0 spiro atoms. The highest BCUT2D eigenvalue weighted by atomic mass is 14.9. The van der Waals surface area contributed by atoms with Crippen molar-refractivity contribution in [2.75, 3.05) is 7.05 Å². The van der Waals surface area contributed by atoms with Crippen molar-refractivity contribution in [3.63, 3.8) is 0 Å². The molecule has 0 radical (unpaired) electrons. The fourth-order valence-electron chi connectivity index (χ4n) is 4.05. The minimum Gasteiger partial charge on any atom is -0.312 e. The second-order valence-electron chi connectivity index (χ2n) is 6.53. The van der Waals surface area contributed by atoms with E-state index in [1.165, 1.54) is 36.8 Å². The van der Waals surface area contributed by atoms with E-state index in [0.29, 0.717) is 12.0 Å². The highest BCUT2D eigenvalue weighted by Gasteiger charge is 2.35. The Morgan fingerprint density at radius 3 is 2.33 bits per heavy atom. The maximum Gasteiger partial charge on any atom is 0.0393 e. The fraction of sp³-hybridized carbons (Fsp3) is 0.400. The van der Waals surface area contributed by atoms with E-state index in [9.17, 15) is 0 Å². The van der Waals surface area contributed by atoms with Gasteiger partial charge in [-0.25, -0.2) is 0 Å². The van der Waals surface area contributed by atoms with E-state index < -0.39 is 0 Å². The van der Waals surface area contributed by atoms with Gasteiger partial charge in [0.25, 0.3) is 0 Å². The molecule has 2 aliphatic carbocycles. The summed E-state index contributed by atoms with van der Waals surface area (Å²) in [6.07, 6.45) is 5.35. The number of fused-ring (bicyclic) bond motifs is 1. The van der Waals surface area contributed by atoms with Gasteiger partial charge in [0.2, 0.25) is 0 Å². The van der Waals surface area contributed by atoms with E-state index in [1.54, 1.807) is 11.1 Å². The highest BCUT2D eigenvalue weighted by Crippen LogP contribution is 2.46. The Labute approximate surface area is 127 Å². The van der Waals surface area contributed by atoms with Gasteiger partial charge in [0, 0.05) is 12.0 Å². The van der Waals surface area contributed by atoms with Gasteiger partial charge in [-0.1, -0.05) is 55.0 Å². The number of benzene rings is 2. The van der Waals surface area contributed by atoms with Crippen LogP contribution >= 0.6 is 0 Å². The number of rotatable bonds is 4. The van der Waals surface area contributed by atoms with Crippen LogP contribution in [-0.2, 0) is 6.42 Å². The summed E-state index contributed by atoms with van der Waals surface area (Å²) in [5.41, 5.74) is 6.20. The van der Waals surface area contributed by atoms with Crippen LogP contribution in [0.5, 0.6) is 0 Å². The van der Waals surface area contributed by atoms with Crippen LogP contribution in [0.15, 0.2) is 48.5 Å². The van der Waals surface area contributed by atoms with Crippen molar-refractivity contribution in [2.45, 2.75) is 43.6 Å². The lowest BCUT2D eigenvalue weighted by atomic mass is 9.69. The molecule has 1 N–H and O–H groups in total. The van der Waals surface area contributed by atoms with Gasteiger partial charge in [0.1, 0.15) is 0 Å². The van der Waals surface area contributed by atoms with E-state index in [1.807, 2.05) is 0 Å². The molecule has 2 unspecified atom stereocenters. The molecule has 1 heteroatoms. The molecule has 2 aromatic rings. The molecule has 1 nitrogen and oxygen atoms in total. The lowest BCUT2D eigenvalue weighted by molar-refractivity contribution is 0.397. The Balaban J connectivity index is 1.68. The summed E-state index contributed by atoms with van der Waals surface area (Å²) in [4.78, 5) is 0. The fourth-order valence-corrected chi connectivity index (χ4v) is 4.05. The summed E-state index contributed by atoms with van der Waals surface area (Å²) in [5.74, 6) is 1.43. The molecule has 0 aromatic heterocycles. The second-order valence-corrected chi connectivity index (χ2v) is 6.53. The van der Waals surface area contributed by atoms with Crippen molar-refractivity contribution >= 4 is 0 Å². The van der Waals surface area contributed by atoms with Crippen LogP contribution in [0.1, 0.15) is 59.4 Å². The highest BCUT2D eigenvalue weighted by molar-refractivity contribution is 5.45. The number of hydrogen-bond acceptors (Lipinski definition) is 1. The Bertz CT molecular complexity index is 642. The zero-order valence-electron chi connectivity index (χ0n) is 12.7. The normalized spacial score (nSPS) is 22.0. The van der Waals surface area contributed by atoms with Crippen LogP contribution in [0, 0.1) is 0 Å². The Morgan fingerprint density at radius 1 is 0.952 bits per heavy atom. The van der Waals surface area contributed by atoms with Gasteiger partial charge < -0.3 is 5.32 Å². The SMILES string of the molecule is CNC(c1ccccc1C1CCC1)C1Cc2ccccc21. The third kappa shape index (κ3) is 2.11. The smallest absolute Gasteiger partial charge is 0.0393 e. The lowest BCUT2D eigenvalue weighted by Gasteiger charge is -2.39. The Morgan fingerprint density at radius 2 is 1.67 bits per heavy atom. The average molecular weight is 277 g/mol. The number of likely N-dealkylation sites (N-methyl/N-ethyl adjacent to an activating group) is 1. The van der Waals surface area contributed by atoms with Gasteiger partial charge >= 0.3 is 0 Å². The monoisotopic (exact) mass is 277 g/mol. The van der Waals surface area contributed by atoms with Crippen molar-refractivity contribution in [1.82, 2.24) is 5.32 Å². The molecule has 4 rings (SSSR count). The summed E-state index contributed by atoms with van der Waals surface area (Å²) in [7, 11) is 2.11. The molecule has 1 saturated carbocycles. The zero-order chi connectivity index (χ0) is 14.2. The molecule has 108 valence electrons. The molecule has 0 saturated heterocycles. The van der Waals surface area contributed by atoms with Gasteiger partial charge in [-0.15, -0.1) is 0 Å². The Kier molecular flexibility index (Phi) is 3.31. The van der Waals surface area contributed by atoms with Crippen molar-refractivity contribution in [2.24, 2.45) is 0 Å². The second kappa shape index (κ2) is 5.31. The van der Waals surface area contributed by atoms with Gasteiger partial charge in [-0.05, 0) is 54.5 Å². The molecule has 2 aliphatic rings. The summed E-state index contributed by atoms with van der Waals surface area (Å²) in [5, 5.41) is 3.60. The predicted molar refractivity (Wildman–Crippen MR) is 87.7 cm³/mol. The van der Waals surface area contributed by atoms with Gasteiger partial charge in [0.15, 0.2) is 0 Å². The van der Waals surface area contributed by atoms with E-state index in [0.717, 1.165) is 5.92 Å². The van der Waals surface area contributed by atoms with Gasteiger partial charge in [-0.2, -0.15) is 0 Å².